The predicted octanol–water partition coefficient (Wildman–Crippen LogP) is 6.33. The molecule has 0 aliphatic carbocycles. The summed E-state index contributed by atoms with van der Waals surface area (Å²) in [6, 6.07) is 20.5. The third-order valence-corrected chi connectivity index (χ3v) is 6.81. The molecule has 0 saturated carbocycles. The first-order chi connectivity index (χ1) is 18.4. The van der Waals surface area contributed by atoms with Gasteiger partial charge in [0.15, 0.2) is 17.5 Å². The fourth-order valence-electron chi connectivity index (χ4n) is 4.47. The number of anilines is 2. The molecule has 0 bridgehead atoms. The number of carbonyl (C=O) groups is 1. The number of carbonyl (C=O) groups excluding carboxylic acids is 1. The van der Waals surface area contributed by atoms with Crippen molar-refractivity contribution < 1.29 is 13.6 Å². The highest BCUT2D eigenvalue weighted by atomic mass is 35.5. The van der Waals surface area contributed by atoms with Crippen LogP contribution in [0.3, 0.4) is 0 Å². The monoisotopic (exact) mass is 533 g/mol. The Balaban J connectivity index is 1.37. The first kappa shape index (κ1) is 25.6. The minimum Gasteiger partial charge on any atom is -0.353 e. The summed E-state index contributed by atoms with van der Waals surface area (Å²) in [4.78, 5) is 26.4. The molecule has 0 atom stereocenters. The highest BCUT2D eigenvalue weighted by Gasteiger charge is 2.25. The van der Waals surface area contributed by atoms with E-state index in [-0.39, 0.29) is 11.7 Å². The van der Waals surface area contributed by atoms with Crippen LogP contribution < -0.4 is 10.2 Å². The van der Waals surface area contributed by atoms with Crippen LogP contribution in [0.5, 0.6) is 0 Å². The number of piperazine rings is 1. The second kappa shape index (κ2) is 11.1. The Kier molecular flexibility index (Phi) is 7.51. The van der Waals surface area contributed by atoms with Gasteiger partial charge in [-0.3, -0.25) is 0 Å². The molecule has 1 aliphatic rings. The molecule has 0 unspecified atom stereocenters. The second-order valence-corrected chi connectivity index (χ2v) is 9.57. The third kappa shape index (κ3) is 5.75. The minimum absolute atomic E-state index is 0.209. The number of hydrogen-bond acceptors (Lipinski definition) is 4. The lowest BCUT2D eigenvalue weighted by molar-refractivity contribution is 0.208. The van der Waals surface area contributed by atoms with Crippen LogP contribution in [-0.4, -0.2) is 47.1 Å². The number of aromatic nitrogens is 2. The number of nitrogens with one attached hydrogen (secondary N) is 1. The van der Waals surface area contributed by atoms with Gasteiger partial charge in [0.25, 0.3) is 0 Å². The molecule has 1 aliphatic heterocycles. The molecule has 2 amide bonds. The average Bonchev–Trinajstić information content (AvgIpc) is 2.93. The standard InChI is InChI=1S/C29H26ClF2N5O/c1-19-24(17-20-7-9-22(30)10-8-20)28(35-27(33-19)21-5-3-2-4-6-21)36-13-15-37(16-14-36)29(38)34-23-11-12-25(31)26(32)18-23/h2-12,18H,13-17H2,1H3,(H,34,38). The number of aryl methyl sites for hydroxylation is 1. The molecule has 3 aromatic carbocycles. The summed E-state index contributed by atoms with van der Waals surface area (Å²) in [5.74, 6) is -0.473. The van der Waals surface area contributed by atoms with E-state index >= 15 is 0 Å². The molecule has 2 heterocycles. The Morgan fingerprint density at radius 3 is 2.32 bits per heavy atom. The van der Waals surface area contributed by atoms with Crippen LogP contribution in [0, 0.1) is 18.6 Å². The summed E-state index contributed by atoms with van der Waals surface area (Å²) in [5, 5.41) is 3.33. The number of urea groups is 1. The highest BCUT2D eigenvalue weighted by molar-refractivity contribution is 6.30. The van der Waals surface area contributed by atoms with E-state index in [1.54, 1.807) is 4.90 Å². The lowest BCUT2D eigenvalue weighted by Gasteiger charge is -2.36. The lowest BCUT2D eigenvalue weighted by Crippen LogP contribution is -2.50. The molecular formula is C29H26ClF2N5O. The molecule has 38 heavy (non-hydrogen) atoms. The van der Waals surface area contributed by atoms with Gasteiger partial charge in [-0.05, 0) is 36.8 Å². The van der Waals surface area contributed by atoms with E-state index in [0.717, 1.165) is 40.3 Å². The first-order valence-electron chi connectivity index (χ1n) is 12.3. The number of amides is 2. The van der Waals surface area contributed by atoms with Crippen molar-refractivity contribution >= 4 is 29.1 Å². The van der Waals surface area contributed by atoms with Crippen molar-refractivity contribution in [2.75, 3.05) is 36.4 Å². The molecule has 0 radical (unpaired) electrons. The van der Waals surface area contributed by atoms with E-state index < -0.39 is 11.6 Å². The van der Waals surface area contributed by atoms with Crippen LogP contribution in [0.25, 0.3) is 11.4 Å². The van der Waals surface area contributed by atoms with E-state index in [1.165, 1.54) is 6.07 Å². The van der Waals surface area contributed by atoms with E-state index in [2.05, 4.69) is 10.2 Å². The van der Waals surface area contributed by atoms with Gasteiger partial charge in [0.1, 0.15) is 5.82 Å². The number of nitrogens with zero attached hydrogens (tertiary/aromatic N) is 4. The van der Waals surface area contributed by atoms with Gasteiger partial charge in [0.05, 0.1) is 0 Å². The normalized spacial score (nSPS) is 13.5. The zero-order valence-electron chi connectivity index (χ0n) is 20.8. The quantitative estimate of drug-likeness (QED) is 0.326. The summed E-state index contributed by atoms with van der Waals surface area (Å²) in [6.07, 6.45) is 0.643. The molecular weight excluding hydrogens is 508 g/mol. The molecule has 0 spiro atoms. The average molecular weight is 534 g/mol. The van der Waals surface area contributed by atoms with Crippen molar-refractivity contribution in [1.82, 2.24) is 14.9 Å². The predicted molar refractivity (Wildman–Crippen MR) is 146 cm³/mol. The van der Waals surface area contributed by atoms with Gasteiger partial charge in [0.2, 0.25) is 0 Å². The van der Waals surface area contributed by atoms with Crippen LogP contribution in [0.1, 0.15) is 16.8 Å². The van der Waals surface area contributed by atoms with Gasteiger partial charge in [-0.15, -0.1) is 0 Å². The summed E-state index contributed by atoms with van der Waals surface area (Å²) in [5.41, 5.74) is 4.15. The van der Waals surface area contributed by atoms with Gasteiger partial charge >= 0.3 is 6.03 Å². The molecule has 1 aromatic heterocycles. The minimum atomic E-state index is -1.01. The second-order valence-electron chi connectivity index (χ2n) is 9.14. The molecule has 4 aromatic rings. The molecule has 5 rings (SSSR count). The smallest absolute Gasteiger partial charge is 0.321 e. The highest BCUT2D eigenvalue weighted by Crippen LogP contribution is 2.29. The Bertz CT molecular complexity index is 1440. The fraction of sp³-hybridized carbons (Fsp3) is 0.207. The maximum absolute atomic E-state index is 13.5. The topological polar surface area (TPSA) is 61.4 Å². The number of rotatable bonds is 5. The van der Waals surface area contributed by atoms with Gasteiger partial charge in [-0.25, -0.2) is 23.5 Å². The summed E-state index contributed by atoms with van der Waals surface area (Å²) in [7, 11) is 0. The fourth-order valence-corrected chi connectivity index (χ4v) is 4.60. The summed E-state index contributed by atoms with van der Waals surface area (Å²) >= 11 is 6.09. The van der Waals surface area contributed by atoms with Crippen molar-refractivity contribution in [1.29, 1.82) is 0 Å². The number of halogens is 3. The van der Waals surface area contributed by atoms with Crippen LogP contribution in [0.4, 0.5) is 25.1 Å². The molecule has 1 N–H and O–H groups in total. The van der Waals surface area contributed by atoms with Crippen molar-refractivity contribution in [2.45, 2.75) is 13.3 Å². The van der Waals surface area contributed by atoms with Crippen molar-refractivity contribution in [3.8, 4) is 11.4 Å². The number of hydrogen-bond donors (Lipinski definition) is 1. The summed E-state index contributed by atoms with van der Waals surface area (Å²) < 4.78 is 26.8. The van der Waals surface area contributed by atoms with Crippen LogP contribution in [0.15, 0.2) is 72.8 Å². The maximum atomic E-state index is 13.5. The van der Waals surface area contributed by atoms with Gasteiger partial charge < -0.3 is 15.1 Å². The lowest BCUT2D eigenvalue weighted by atomic mass is 10.0. The Morgan fingerprint density at radius 1 is 0.921 bits per heavy atom. The van der Waals surface area contributed by atoms with Gasteiger partial charge in [0, 0.05) is 66.2 Å². The zero-order chi connectivity index (χ0) is 26.6. The van der Waals surface area contributed by atoms with Gasteiger partial charge in [-0.2, -0.15) is 0 Å². The Hall–Kier alpha value is -4.04. The largest absolute Gasteiger partial charge is 0.353 e. The third-order valence-electron chi connectivity index (χ3n) is 6.56. The zero-order valence-corrected chi connectivity index (χ0v) is 21.6. The first-order valence-corrected chi connectivity index (χ1v) is 12.7. The Labute approximate surface area is 224 Å². The van der Waals surface area contributed by atoms with E-state index in [0.29, 0.717) is 43.4 Å². The molecule has 1 saturated heterocycles. The van der Waals surface area contributed by atoms with E-state index in [9.17, 15) is 13.6 Å². The molecule has 9 heteroatoms. The number of benzene rings is 3. The van der Waals surface area contributed by atoms with Crippen molar-refractivity contribution in [2.24, 2.45) is 0 Å². The van der Waals surface area contributed by atoms with Crippen LogP contribution in [-0.2, 0) is 6.42 Å². The maximum Gasteiger partial charge on any atom is 0.321 e. The van der Waals surface area contributed by atoms with Crippen LogP contribution in [0.2, 0.25) is 5.02 Å². The molecule has 6 nitrogen and oxygen atoms in total. The van der Waals surface area contributed by atoms with Crippen LogP contribution >= 0.6 is 11.6 Å². The van der Waals surface area contributed by atoms with E-state index in [1.807, 2.05) is 61.5 Å². The van der Waals surface area contributed by atoms with Crippen molar-refractivity contribution in [3.05, 3.63) is 106 Å². The van der Waals surface area contributed by atoms with Crippen molar-refractivity contribution in [3.63, 3.8) is 0 Å². The SMILES string of the molecule is Cc1nc(-c2ccccc2)nc(N2CCN(C(=O)Nc3ccc(F)c(F)c3)CC2)c1Cc1ccc(Cl)cc1. The molecule has 1 fully saturated rings. The Morgan fingerprint density at radius 2 is 1.63 bits per heavy atom. The molecule has 194 valence electrons. The summed E-state index contributed by atoms with van der Waals surface area (Å²) in [6.45, 7) is 4.00. The van der Waals surface area contributed by atoms with E-state index in [4.69, 9.17) is 21.6 Å². The van der Waals surface area contributed by atoms with Gasteiger partial charge in [-0.1, -0.05) is 54.1 Å².